The molecule has 0 spiro atoms. The van der Waals surface area contributed by atoms with E-state index in [1.54, 1.807) is 7.11 Å². The highest BCUT2D eigenvalue weighted by Gasteiger charge is 2.59. The number of nitrogens with two attached hydrogens (primary N) is 2. The Labute approximate surface area is 107 Å². The minimum absolute atomic E-state index is 0. The first-order valence-corrected chi connectivity index (χ1v) is 5.29. The van der Waals surface area contributed by atoms with Crippen molar-refractivity contribution in [3.05, 3.63) is 29.8 Å². The topological polar surface area (TPSA) is 78.3 Å². The predicted octanol–water partition coefficient (Wildman–Crippen LogP) is 0.819. The van der Waals surface area contributed by atoms with Crippen LogP contribution >= 0.6 is 12.4 Å². The van der Waals surface area contributed by atoms with Crippen molar-refractivity contribution in [3.8, 4) is 5.75 Å². The molecular weight excluding hydrogens is 240 g/mol. The normalized spacial score (nSPS) is 25.9. The molecule has 1 aromatic rings. The number of rotatable bonds is 4. The second kappa shape index (κ2) is 4.94. The Morgan fingerprint density at radius 1 is 1.47 bits per heavy atom. The molecule has 94 valence electrons. The van der Waals surface area contributed by atoms with Gasteiger partial charge in [0.2, 0.25) is 5.91 Å². The maximum absolute atomic E-state index is 11.5. The minimum atomic E-state index is -0.541. The van der Waals surface area contributed by atoms with Crippen molar-refractivity contribution in [2.75, 3.05) is 13.7 Å². The SMILES string of the molecule is COc1ccc([C@@]2(C(N)=O)C[C@@H]2CN)cc1.Cl. The van der Waals surface area contributed by atoms with Crippen molar-refractivity contribution >= 4 is 18.3 Å². The number of primary amides is 1. The Kier molecular flexibility index (Phi) is 4.01. The molecule has 2 atom stereocenters. The van der Waals surface area contributed by atoms with Crippen LogP contribution in [0.15, 0.2) is 24.3 Å². The number of benzene rings is 1. The van der Waals surface area contributed by atoms with Gasteiger partial charge in [-0.15, -0.1) is 12.4 Å². The van der Waals surface area contributed by atoms with Crippen molar-refractivity contribution in [2.24, 2.45) is 17.4 Å². The lowest BCUT2D eigenvalue weighted by atomic mass is 9.92. The van der Waals surface area contributed by atoms with E-state index in [-0.39, 0.29) is 24.2 Å². The Balaban J connectivity index is 0.00000144. The predicted molar refractivity (Wildman–Crippen MR) is 68.3 cm³/mol. The van der Waals surface area contributed by atoms with Gasteiger partial charge < -0.3 is 16.2 Å². The van der Waals surface area contributed by atoms with Gasteiger partial charge in [-0.1, -0.05) is 12.1 Å². The van der Waals surface area contributed by atoms with Crippen LogP contribution in [0, 0.1) is 5.92 Å². The fourth-order valence-electron chi connectivity index (χ4n) is 2.30. The molecule has 0 heterocycles. The molecule has 4 nitrogen and oxygen atoms in total. The third-order valence-corrected chi connectivity index (χ3v) is 3.43. The quantitative estimate of drug-likeness (QED) is 0.837. The smallest absolute Gasteiger partial charge is 0.228 e. The molecule has 4 N–H and O–H groups in total. The summed E-state index contributed by atoms with van der Waals surface area (Å²) < 4.78 is 5.08. The van der Waals surface area contributed by atoms with Gasteiger partial charge in [-0.3, -0.25) is 4.79 Å². The molecule has 5 heteroatoms. The standard InChI is InChI=1S/C12H16N2O2.ClH/c1-16-10-4-2-8(3-5-10)12(11(14)15)6-9(12)7-13;/h2-5,9H,6-7,13H2,1H3,(H2,14,15);1H/t9-,12+;/m1./s1. The number of carbonyl (C=O) groups excluding carboxylic acids is 1. The van der Waals surface area contributed by atoms with Gasteiger partial charge in [0, 0.05) is 0 Å². The molecule has 0 saturated heterocycles. The minimum Gasteiger partial charge on any atom is -0.497 e. The number of methoxy groups -OCH3 is 1. The van der Waals surface area contributed by atoms with Gasteiger partial charge in [0.1, 0.15) is 5.75 Å². The second-order valence-corrected chi connectivity index (χ2v) is 4.20. The van der Waals surface area contributed by atoms with E-state index in [1.165, 1.54) is 0 Å². The number of hydrogen-bond donors (Lipinski definition) is 2. The van der Waals surface area contributed by atoms with Crippen LogP contribution in [-0.2, 0) is 10.2 Å². The first kappa shape index (κ1) is 13.8. The lowest BCUT2D eigenvalue weighted by molar-refractivity contribution is -0.120. The number of carbonyl (C=O) groups is 1. The van der Waals surface area contributed by atoms with E-state index in [9.17, 15) is 4.79 Å². The molecule has 1 aromatic carbocycles. The zero-order valence-electron chi connectivity index (χ0n) is 9.68. The van der Waals surface area contributed by atoms with Crippen LogP contribution in [0.2, 0.25) is 0 Å². The van der Waals surface area contributed by atoms with E-state index in [2.05, 4.69) is 0 Å². The van der Waals surface area contributed by atoms with Crippen LogP contribution in [-0.4, -0.2) is 19.6 Å². The second-order valence-electron chi connectivity index (χ2n) is 4.20. The maximum atomic E-state index is 11.5. The zero-order valence-corrected chi connectivity index (χ0v) is 10.5. The van der Waals surface area contributed by atoms with Crippen molar-refractivity contribution in [1.29, 1.82) is 0 Å². The first-order chi connectivity index (χ1) is 7.65. The Hall–Kier alpha value is -1.26. The van der Waals surface area contributed by atoms with E-state index in [0.717, 1.165) is 17.7 Å². The van der Waals surface area contributed by atoms with E-state index >= 15 is 0 Å². The molecule has 1 aliphatic carbocycles. The van der Waals surface area contributed by atoms with Gasteiger partial charge in [-0.25, -0.2) is 0 Å². The lowest BCUT2D eigenvalue weighted by Crippen LogP contribution is -2.32. The van der Waals surface area contributed by atoms with Gasteiger partial charge >= 0.3 is 0 Å². The summed E-state index contributed by atoms with van der Waals surface area (Å²) >= 11 is 0. The Morgan fingerprint density at radius 2 is 2.06 bits per heavy atom. The molecule has 2 rings (SSSR count). The third-order valence-electron chi connectivity index (χ3n) is 3.43. The number of halogens is 1. The van der Waals surface area contributed by atoms with Crippen molar-refractivity contribution < 1.29 is 9.53 Å². The molecular formula is C12H17ClN2O2. The summed E-state index contributed by atoms with van der Waals surface area (Å²) in [6.45, 7) is 0.495. The molecule has 0 radical (unpaired) electrons. The van der Waals surface area contributed by atoms with Gasteiger partial charge in [-0.05, 0) is 36.6 Å². The van der Waals surface area contributed by atoms with Crippen molar-refractivity contribution in [2.45, 2.75) is 11.8 Å². The lowest BCUT2D eigenvalue weighted by Gasteiger charge is -2.14. The molecule has 17 heavy (non-hydrogen) atoms. The summed E-state index contributed by atoms with van der Waals surface area (Å²) in [6.07, 6.45) is 0.755. The van der Waals surface area contributed by atoms with E-state index < -0.39 is 5.41 Å². The number of ether oxygens (including phenoxy) is 1. The Morgan fingerprint density at radius 3 is 2.41 bits per heavy atom. The summed E-state index contributed by atoms with van der Waals surface area (Å²) in [5.41, 5.74) is 11.5. The molecule has 0 unspecified atom stereocenters. The molecule has 0 aliphatic heterocycles. The van der Waals surface area contributed by atoms with Gasteiger partial charge in [0.25, 0.3) is 0 Å². The Bertz CT molecular complexity index is 407. The van der Waals surface area contributed by atoms with Crippen LogP contribution in [0.5, 0.6) is 5.75 Å². The molecule has 1 saturated carbocycles. The average Bonchev–Trinajstić information content (AvgIpc) is 3.05. The maximum Gasteiger partial charge on any atom is 0.228 e. The van der Waals surface area contributed by atoms with Crippen LogP contribution in [0.4, 0.5) is 0 Å². The summed E-state index contributed by atoms with van der Waals surface area (Å²) in [7, 11) is 1.61. The van der Waals surface area contributed by atoms with E-state index in [1.807, 2.05) is 24.3 Å². The van der Waals surface area contributed by atoms with Crippen LogP contribution in [0.3, 0.4) is 0 Å². The largest absolute Gasteiger partial charge is 0.497 e. The summed E-state index contributed by atoms with van der Waals surface area (Å²) in [4.78, 5) is 11.5. The monoisotopic (exact) mass is 256 g/mol. The van der Waals surface area contributed by atoms with Gasteiger partial charge in [-0.2, -0.15) is 0 Å². The number of amides is 1. The third kappa shape index (κ3) is 2.10. The van der Waals surface area contributed by atoms with Gasteiger partial charge in [0.15, 0.2) is 0 Å². The summed E-state index contributed by atoms with van der Waals surface area (Å²) in [5, 5.41) is 0. The molecule has 0 aromatic heterocycles. The highest BCUT2D eigenvalue weighted by molar-refractivity contribution is 5.90. The summed E-state index contributed by atoms with van der Waals surface area (Å²) in [6, 6.07) is 7.45. The zero-order chi connectivity index (χ0) is 11.8. The highest BCUT2D eigenvalue weighted by Crippen LogP contribution is 2.53. The first-order valence-electron chi connectivity index (χ1n) is 5.29. The number of hydrogen-bond acceptors (Lipinski definition) is 3. The summed E-state index contributed by atoms with van der Waals surface area (Å²) in [5.74, 6) is 0.667. The fraction of sp³-hybridized carbons (Fsp3) is 0.417. The van der Waals surface area contributed by atoms with Crippen LogP contribution in [0.1, 0.15) is 12.0 Å². The van der Waals surface area contributed by atoms with E-state index in [0.29, 0.717) is 6.54 Å². The van der Waals surface area contributed by atoms with Crippen LogP contribution in [0.25, 0.3) is 0 Å². The molecule has 1 fully saturated rings. The molecule has 1 aliphatic rings. The van der Waals surface area contributed by atoms with Crippen molar-refractivity contribution in [1.82, 2.24) is 0 Å². The van der Waals surface area contributed by atoms with Crippen LogP contribution < -0.4 is 16.2 Å². The van der Waals surface area contributed by atoms with Gasteiger partial charge in [0.05, 0.1) is 12.5 Å². The van der Waals surface area contributed by atoms with E-state index in [4.69, 9.17) is 16.2 Å². The molecule has 1 amide bonds. The fourth-order valence-corrected chi connectivity index (χ4v) is 2.30. The highest BCUT2D eigenvalue weighted by atomic mass is 35.5. The average molecular weight is 257 g/mol. The molecule has 0 bridgehead atoms. The van der Waals surface area contributed by atoms with Crippen molar-refractivity contribution in [3.63, 3.8) is 0 Å².